The quantitative estimate of drug-likeness (QED) is 0.432. The maximum atomic E-state index is 13.7. The van der Waals surface area contributed by atoms with Gasteiger partial charge in [0, 0.05) is 17.7 Å². The summed E-state index contributed by atoms with van der Waals surface area (Å²) in [4.78, 5) is 3.52. The van der Waals surface area contributed by atoms with Crippen molar-refractivity contribution < 1.29 is 8.78 Å². The molecule has 0 heterocycles. The SMILES string of the molecule is Fc1cc(N=C=S)cc(F)c1C#Cc1ccccc1. The molecule has 2 rings (SSSR count). The molecule has 2 aromatic rings. The summed E-state index contributed by atoms with van der Waals surface area (Å²) in [7, 11) is 0. The third-order valence-electron chi connectivity index (χ3n) is 2.31. The van der Waals surface area contributed by atoms with Crippen LogP contribution in [0.4, 0.5) is 14.5 Å². The Morgan fingerprint density at radius 3 is 2.16 bits per heavy atom. The monoisotopic (exact) mass is 271 g/mol. The summed E-state index contributed by atoms with van der Waals surface area (Å²) in [5, 5.41) is 2.05. The second-order valence-corrected chi connectivity index (χ2v) is 3.79. The van der Waals surface area contributed by atoms with E-state index in [1.54, 1.807) is 24.3 Å². The largest absolute Gasteiger partial charge is 0.205 e. The summed E-state index contributed by atoms with van der Waals surface area (Å²) in [6, 6.07) is 11.1. The van der Waals surface area contributed by atoms with Crippen molar-refractivity contribution in [3.8, 4) is 11.8 Å². The molecule has 0 fully saturated rings. The molecule has 0 saturated heterocycles. The topological polar surface area (TPSA) is 12.4 Å². The van der Waals surface area contributed by atoms with Gasteiger partial charge in [0.15, 0.2) is 0 Å². The first-order valence-corrected chi connectivity index (χ1v) is 5.75. The molecule has 0 aliphatic carbocycles. The fourth-order valence-electron chi connectivity index (χ4n) is 1.45. The van der Waals surface area contributed by atoms with Gasteiger partial charge in [-0.1, -0.05) is 30.0 Å². The fourth-order valence-corrected chi connectivity index (χ4v) is 1.56. The van der Waals surface area contributed by atoms with Gasteiger partial charge in [0.1, 0.15) is 11.6 Å². The molecule has 0 bridgehead atoms. The molecule has 92 valence electrons. The summed E-state index contributed by atoms with van der Waals surface area (Å²) < 4.78 is 27.3. The van der Waals surface area contributed by atoms with Crippen LogP contribution in [0.5, 0.6) is 0 Å². The minimum Gasteiger partial charge on any atom is -0.205 e. The van der Waals surface area contributed by atoms with E-state index in [1.165, 1.54) is 0 Å². The highest BCUT2D eigenvalue weighted by Crippen LogP contribution is 2.20. The lowest BCUT2D eigenvalue weighted by molar-refractivity contribution is 0.578. The molecule has 19 heavy (non-hydrogen) atoms. The van der Waals surface area contributed by atoms with E-state index in [0.29, 0.717) is 5.56 Å². The molecule has 0 radical (unpaired) electrons. The number of hydrogen-bond donors (Lipinski definition) is 0. The molecule has 0 aliphatic heterocycles. The average Bonchev–Trinajstić information content (AvgIpc) is 2.39. The number of benzene rings is 2. The number of isothiocyanates is 1. The lowest BCUT2D eigenvalue weighted by Gasteiger charge is -1.98. The van der Waals surface area contributed by atoms with Gasteiger partial charge >= 0.3 is 0 Å². The zero-order valence-corrected chi connectivity index (χ0v) is 10.5. The first-order valence-electron chi connectivity index (χ1n) is 5.34. The van der Waals surface area contributed by atoms with Crippen LogP contribution < -0.4 is 0 Å². The van der Waals surface area contributed by atoms with Gasteiger partial charge in [0.2, 0.25) is 0 Å². The minimum atomic E-state index is -0.771. The van der Waals surface area contributed by atoms with Gasteiger partial charge in [0.05, 0.1) is 16.4 Å². The highest BCUT2D eigenvalue weighted by atomic mass is 32.1. The Hall–Kier alpha value is -2.34. The predicted octanol–water partition coefficient (Wildman–Crippen LogP) is 4.10. The van der Waals surface area contributed by atoms with Crippen LogP contribution in [0.1, 0.15) is 11.1 Å². The molecular formula is C15H7F2NS. The van der Waals surface area contributed by atoms with E-state index in [0.717, 1.165) is 12.1 Å². The third-order valence-corrected chi connectivity index (χ3v) is 2.40. The lowest BCUT2D eigenvalue weighted by atomic mass is 10.1. The second-order valence-electron chi connectivity index (χ2n) is 3.60. The lowest BCUT2D eigenvalue weighted by Crippen LogP contribution is -1.89. The van der Waals surface area contributed by atoms with Crippen molar-refractivity contribution in [2.45, 2.75) is 0 Å². The van der Waals surface area contributed by atoms with Crippen molar-refractivity contribution in [3.05, 3.63) is 65.2 Å². The number of aliphatic imine (C=N–C) groups is 1. The first-order chi connectivity index (χ1) is 9.20. The Morgan fingerprint density at radius 1 is 0.947 bits per heavy atom. The number of rotatable bonds is 1. The number of hydrogen-bond acceptors (Lipinski definition) is 2. The van der Waals surface area contributed by atoms with Gasteiger partial charge in [-0.05, 0) is 24.4 Å². The molecule has 0 unspecified atom stereocenters. The Bertz CT molecular complexity index is 685. The molecule has 4 heteroatoms. The van der Waals surface area contributed by atoms with Gasteiger partial charge < -0.3 is 0 Å². The fraction of sp³-hybridized carbons (Fsp3) is 0. The van der Waals surface area contributed by atoms with Crippen LogP contribution in [0.3, 0.4) is 0 Å². The van der Waals surface area contributed by atoms with Crippen LogP contribution in [-0.4, -0.2) is 5.16 Å². The van der Waals surface area contributed by atoms with E-state index in [1.807, 2.05) is 6.07 Å². The Morgan fingerprint density at radius 2 is 1.58 bits per heavy atom. The van der Waals surface area contributed by atoms with Crippen molar-refractivity contribution >= 4 is 23.1 Å². The molecule has 0 aliphatic rings. The third kappa shape index (κ3) is 3.32. The molecule has 0 atom stereocenters. The number of halogens is 2. The molecule has 0 saturated carbocycles. The predicted molar refractivity (Wildman–Crippen MR) is 73.5 cm³/mol. The second kappa shape index (κ2) is 6.01. The van der Waals surface area contributed by atoms with Crippen molar-refractivity contribution in [1.82, 2.24) is 0 Å². The zero-order valence-electron chi connectivity index (χ0n) is 9.65. The van der Waals surface area contributed by atoms with Gasteiger partial charge in [0.25, 0.3) is 0 Å². The van der Waals surface area contributed by atoms with Gasteiger partial charge in [-0.15, -0.1) is 0 Å². The van der Waals surface area contributed by atoms with Crippen LogP contribution in [0.2, 0.25) is 0 Å². The molecule has 0 spiro atoms. The normalized spacial score (nSPS) is 9.16. The van der Waals surface area contributed by atoms with Gasteiger partial charge in [-0.2, -0.15) is 4.99 Å². The van der Waals surface area contributed by atoms with E-state index >= 15 is 0 Å². The van der Waals surface area contributed by atoms with Crippen LogP contribution in [0.15, 0.2) is 47.5 Å². The van der Waals surface area contributed by atoms with Crippen molar-refractivity contribution in [2.24, 2.45) is 4.99 Å². The van der Waals surface area contributed by atoms with E-state index in [9.17, 15) is 8.78 Å². The minimum absolute atomic E-state index is 0.0789. The summed E-state index contributed by atoms with van der Waals surface area (Å²) >= 11 is 4.38. The standard InChI is InChI=1S/C15H7F2NS/c16-14-8-12(18-10-19)9-15(17)13(14)7-6-11-4-2-1-3-5-11/h1-5,8-9H. The molecule has 0 N–H and O–H groups in total. The van der Waals surface area contributed by atoms with Crippen LogP contribution in [-0.2, 0) is 0 Å². The molecule has 2 aromatic carbocycles. The van der Waals surface area contributed by atoms with Gasteiger partial charge in [-0.3, -0.25) is 0 Å². The summed E-state index contributed by atoms with van der Waals surface area (Å²) in [6.45, 7) is 0. The maximum Gasteiger partial charge on any atom is 0.143 e. The van der Waals surface area contributed by atoms with E-state index in [2.05, 4.69) is 34.2 Å². The Kier molecular flexibility index (Phi) is 4.15. The zero-order chi connectivity index (χ0) is 13.7. The highest BCUT2D eigenvalue weighted by Gasteiger charge is 2.08. The average molecular weight is 271 g/mol. The molecule has 0 aromatic heterocycles. The highest BCUT2D eigenvalue weighted by molar-refractivity contribution is 7.78. The van der Waals surface area contributed by atoms with Crippen LogP contribution >= 0.6 is 12.2 Å². The van der Waals surface area contributed by atoms with Crippen molar-refractivity contribution in [3.63, 3.8) is 0 Å². The molecule has 1 nitrogen and oxygen atoms in total. The first kappa shape index (κ1) is 13.1. The van der Waals surface area contributed by atoms with Crippen molar-refractivity contribution in [1.29, 1.82) is 0 Å². The van der Waals surface area contributed by atoms with Crippen LogP contribution in [0, 0.1) is 23.5 Å². The van der Waals surface area contributed by atoms with E-state index in [-0.39, 0.29) is 11.3 Å². The summed E-state index contributed by atoms with van der Waals surface area (Å²) in [6.07, 6.45) is 0. The van der Waals surface area contributed by atoms with Gasteiger partial charge in [-0.25, -0.2) is 8.78 Å². The van der Waals surface area contributed by atoms with E-state index in [4.69, 9.17) is 0 Å². The Balaban J connectivity index is 2.42. The molecular weight excluding hydrogens is 264 g/mol. The maximum absolute atomic E-state index is 13.7. The molecule has 0 amide bonds. The number of thiocarbonyl (C=S) groups is 1. The summed E-state index contributed by atoms with van der Waals surface area (Å²) in [5.41, 5.74) is 0.477. The van der Waals surface area contributed by atoms with Crippen molar-refractivity contribution in [2.75, 3.05) is 0 Å². The summed E-state index contributed by atoms with van der Waals surface area (Å²) in [5.74, 6) is 3.63. The number of nitrogens with zero attached hydrogens (tertiary/aromatic N) is 1. The Labute approximate surface area is 114 Å². The van der Waals surface area contributed by atoms with Crippen LogP contribution in [0.25, 0.3) is 0 Å². The van der Waals surface area contributed by atoms with E-state index < -0.39 is 11.6 Å². The smallest absolute Gasteiger partial charge is 0.143 e.